The molecule has 0 aliphatic rings. The predicted molar refractivity (Wildman–Crippen MR) is 87.6 cm³/mol. The zero-order chi connectivity index (χ0) is 15.7. The van der Waals surface area contributed by atoms with Gasteiger partial charge in [-0.3, -0.25) is 0 Å². The van der Waals surface area contributed by atoms with Crippen molar-refractivity contribution in [2.75, 3.05) is 0 Å². The monoisotopic (exact) mass is 305 g/mol. The van der Waals surface area contributed by atoms with Crippen molar-refractivity contribution in [3.8, 4) is 0 Å². The maximum absolute atomic E-state index is 8.58. The van der Waals surface area contributed by atoms with Gasteiger partial charge in [0.15, 0.2) is 8.32 Å². The first-order valence-electron chi connectivity index (χ1n) is 7.07. The van der Waals surface area contributed by atoms with E-state index in [0.717, 1.165) is 22.3 Å². The molecule has 0 amide bonds. The number of hydrogen-bond acceptors (Lipinski definition) is 4. The van der Waals surface area contributed by atoms with E-state index in [-0.39, 0.29) is 5.04 Å². The average molecular weight is 305 g/mol. The van der Waals surface area contributed by atoms with Crippen molar-refractivity contribution in [1.82, 2.24) is 0 Å². The maximum Gasteiger partial charge on any atom is 0.192 e. The van der Waals surface area contributed by atoms with Crippen molar-refractivity contribution in [2.45, 2.75) is 45.5 Å². The summed E-state index contributed by atoms with van der Waals surface area (Å²) in [6.45, 7) is 11.6. The normalized spacial score (nSPS) is 13.4. The molecule has 2 rings (SSSR count). The summed E-state index contributed by atoms with van der Waals surface area (Å²) in [6, 6.07) is 7.64. The average Bonchev–Trinajstić information content (AvgIpc) is 2.77. The lowest BCUT2D eigenvalue weighted by Gasteiger charge is -2.35. The third kappa shape index (κ3) is 3.54. The van der Waals surface area contributed by atoms with Crippen LogP contribution in [0.3, 0.4) is 0 Å². The first-order chi connectivity index (χ1) is 9.73. The Labute approximate surface area is 126 Å². The largest absolute Gasteiger partial charge is 0.459 e. The molecule has 1 aromatic heterocycles. The van der Waals surface area contributed by atoms with Gasteiger partial charge in [0.2, 0.25) is 0 Å². The van der Waals surface area contributed by atoms with E-state index in [0.29, 0.717) is 6.61 Å². The first-order valence-corrected chi connectivity index (χ1v) is 9.98. The Morgan fingerprint density at radius 3 is 2.62 bits per heavy atom. The molecule has 1 N–H and O–H groups in total. The van der Waals surface area contributed by atoms with Crippen molar-refractivity contribution >= 4 is 25.5 Å². The Kier molecular flexibility index (Phi) is 4.25. The van der Waals surface area contributed by atoms with Gasteiger partial charge in [-0.05, 0) is 48.0 Å². The van der Waals surface area contributed by atoms with E-state index in [9.17, 15) is 0 Å². The van der Waals surface area contributed by atoms with Gasteiger partial charge in [0.25, 0.3) is 0 Å². The molecule has 0 aliphatic carbocycles. The molecule has 5 heteroatoms. The number of fused-ring (bicyclic) bond motifs is 1. The lowest BCUT2D eigenvalue weighted by Crippen LogP contribution is -2.40. The van der Waals surface area contributed by atoms with Gasteiger partial charge in [-0.25, -0.2) is 0 Å². The molecule has 0 fully saturated rings. The molecular weight excluding hydrogens is 282 g/mol. The van der Waals surface area contributed by atoms with Crippen molar-refractivity contribution in [2.24, 2.45) is 5.16 Å². The van der Waals surface area contributed by atoms with E-state index in [2.05, 4.69) is 39.0 Å². The molecule has 4 nitrogen and oxygen atoms in total. The highest BCUT2D eigenvalue weighted by Crippen LogP contribution is 2.37. The van der Waals surface area contributed by atoms with Crippen LogP contribution in [0.1, 0.15) is 32.1 Å². The fourth-order valence-corrected chi connectivity index (χ4v) is 2.74. The SMILES string of the molecule is CC(C)(C)[Si](C)(C)OCc1cc2cc(C=NO)ccc2o1. The van der Waals surface area contributed by atoms with E-state index in [4.69, 9.17) is 14.1 Å². The van der Waals surface area contributed by atoms with Gasteiger partial charge in [-0.1, -0.05) is 25.9 Å². The summed E-state index contributed by atoms with van der Waals surface area (Å²) in [5.74, 6) is 0.827. The van der Waals surface area contributed by atoms with E-state index in [1.807, 2.05) is 24.3 Å². The first kappa shape index (κ1) is 15.8. The number of nitrogens with zero attached hydrogens (tertiary/aromatic N) is 1. The smallest absolute Gasteiger partial charge is 0.192 e. The third-order valence-electron chi connectivity index (χ3n) is 4.18. The van der Waals surface area contributed by atoms with Gasteiger partial charge in [0.1, 0.15) is 11.3 Å². The van der Waals surface area contributed by atoms with E-state index >= 15 is 0 Å². The van der Waals surface area contributed by atoms with Crippen LogP contribution in [-0.4, -0.2) is 19.7 Å². The summed E-state index contributed by atoms with van der Waals surface area (Å²) in [4.78, 5) is 0. The molecule has 0 bridgehead atoms. The van der Waals surface area contributed by atoms with Gasteiger partial charge in [0.05, 0.1) is 12.8 Å². The van der Waals surface area contributed by atoms with Crippen LogP contribution in [0.5, 0.6) is 0 Å². The lowest BCUT2D eigenvalue weighted by atomic mass is 10.2. The van der Waals surface area contributed by atoms with Crippen LogP contribution in [0.2, 0.25) is 18.1 Å². The minimum absolute atomic E-state index is 0.184. The molecule has 114 valence electrons. The summed E-state index contributed by atoms with van der Waals surface area (Å²) in [5, 5.41) is 12.8. The van der Waals surface area contributed by atoms with Gasteiger partial charge in [-0.15, -0.1) is 0 Å². The molecule has 0 saturated heterocycles. The Balaban J connectivity index is 2.17. The molecule has 0 atom stereocenters. The fourth-order valence-electron chi connectivity index (χ4n) is 1.80. The summed E-state index contributed by atoms with van der Waals surface area (Å²) >= 11 is 0. The van der Waals surface area contributed by atoms with Crippen LogP contribution >= 0.6 is 0 Å². The van der Waals surface area contributed by atoms with Gasteiger partial charge in [0, 0.05) is 5.39 Å². The van der Waals surface area contributed by atoms with Gasteiger partial charge in [-0.2, -0.15) is 0 Å². The lowest BCUT2D eigenvalue weighted by molar-refractivity contribution is 0.249. The fraction of sp³-hybridized carbons (Fsp3) is 0.438. The van der Waals surface area contributed by atoms with Gasteiger partial charge < -0.3 is 14.1 Å². The second-order valence-corrected chi connectivity index (χ2v) is 11.6. The van der Waals surface area contributed by atoms with Crippen LogP contribution in [-0.2, 0) is 11.0 Å². The maximum atomic E-state index is 8.58. The standard InChI is InChI=1S/C16H23NO3Si/c1-16(2,3)21(4,5)19-11-14-9-13-8-12(10-17-18)6-7-15(13)20-14/h6-10,18H,11H2,1-5H3. The molecule has 2 aromatic rings. The van der Waals surface area contributed by atoms with E-state index < -0.39 is 8.32 Å². The molecule has 0 saturated carbocycles. The van der Waals surface area contributed by atoms with Crippen molar-refractivity contribution in [3.63, 3.8) is 0 Å². The second-order valence-electron chi connectivity index (χ2n) is 6.80. The van der Waals surface area contributed by atoms with E-state index in [1.165, 1.54) is 6.21 Å². The number of hydrogen-bond donors (Lipinski definition) is 1. The Morgan fingerprint density at radius 2 is 2.00 bits per heavy atom. The van der Waals surface area contributed by atoms with Crippen LogP contribution in [0.4, 0.5) is 0 Å². The number of rotatable bonds is 4. The third-order valence-corrected chi connectivity index (χ3v) is 8.66. The minimum Gasteiger partial charge on any atom is -0.459 e. The molecule has 1 aromatic carbocycles. The number of oxime groups is 1. The van der Waals surface area contributed by atoms with Crippen molar-refractivity contribution in [1.29, 1.82) is 0 Å². The highest BCUT2D eigenvalue weighted by atomic mass is 28.4. The number of furan rings is 1. The Morgan fingerprint density at radius 1 is 1.29 bits per heavy atom. The summed E-state index contributed by atoms with van der Waals surface area (Å²) < 4.78 is 12.0. The zero-order valence-electron chi connectivity index (χ0n) is 13.3. The molecule has 21 heavy (non-hydrogen) atoms. The predicted octanol–water partition coefficient (Wildman–Crippen LogP) is 4.76. The van der Waals surface area contributed by atoms with Crippen molar-refractivity contribution in [3.05, 3.63) is 35.6 Å². The van der Waals surface area contributed by atoms with Crippen LogP contribution < -0.4 is 0 Å². The highest BCUT2D eigenvalue weighted by Gasteiger charge is 2.37. The Bertz CT molecular complexity index is 653. The van der Waals surface area contributed by atoms with Crippen LogP contribution in [0.15, 0.2) is 33.8 Å². The summed E-state index contributed by atoms with van der Waals surface area (Å²) in [7, 11) is -1.77. The highest BCUT2D eigenvalue weighted by molar-refractivity contribution is 6.74. The molecule has 1 heterocycles. The molecule has 0 aliphatic heterocycles. The summed E-state index contributed by atoms with van der Waals surface area (Å²) in [6.07, 6.45) is 1.40. The topological polar surface area (TPSA) is 55.0 Å². The molecule has 0 spiro atoms. The molecule has 0 radical (unpaired) electrons. The van der Waals surface area contributed by atoms with Gasteiger partial charge >= 0.3 is 0 Å². The second kappa shape index (κ2) is 5.65. The number of benzene rings is 1. The van der Waals surface area contributed by atoms with Crippen LogP contribution in [0.25, 0.3) is 11.0 Å². The van der Waals surface area contributed by atoms with Crippen LogP contribution in [0, 0.1) is 0 Å². The quantitative estimate of drug-likeness (QED) is 0.383. The Hall–Kier alpha value is -1.59. The molecular formula is C16H23NO3Si. The molecule has 0 unspecified atom stereocenters. The minimum atomic E-state index is -1.77. The van der Waals surface area contributed by atoms with Crippen molar-refractivity contribution < 1.29 is 14.1 Å². The van der Waals surface area contributed by atoms with E-state index in [1.54, 1.807) is 0 Å². The summed E-state index contributed by atoms with van der Waals surface area (Å²) in [5.41, 5.74) is 1.65. The zero-order valence-corrected chi connectivity index (χ0v) is 14.3.